The molecule has 3 heteroatoms. The van der Waals surface area contributed by atoms with E-state index in [1.807, 2.05) is 0 Å². The van der Waals surface area contributed by atoms with Crippen molar-refractivity contribution in [2.45, 2.75) is 50.7 Å². The summed E-state index contributed by atoms with van der Waals surface area (Å²) < 4.78 is 6.02. The molecule has 0 radical (unpaired) electrons. The standard InChI is InChI=1S/C16H24N2O/c1-12-4-2-5-13(10-12)15(18-17)14-6-9-19-16(11-14)7-3-8-16/h2,4-5,10,14-15,18H,3,6-9,11,17H2,1H3. The summed E-state index contributed by atoms with van der Waals surface area (Å²) in [6.45, 7) is 3.02. The lowest BCUT2D eigenvalue weighted by molar-refractivity contribution is -0.147. The van der Waals surface area contributed by atoms with Crippen molar-refractivity contribution in [3.05, 3.63) is 35.4 Å². The van der Waals surface area contributed by atoms with Crippen LogP contribution < -0.4 is 11.3 Å². The van der Waals surface area contributed by atoms with Crippen molar-refractivity contribution in [3.8, 4) is 0 Å². The molecular formula is C16H24N2O. The Morgan fingerprint density at radius 2 is 2.26 bits per heavy atom. The zero-order chi connectivity index (χ0) is 13.3. The number of nitrogens with two attached hydrogens (primary N) is 1. The predicted molar refractivity (Wildman–Crippen MR) is 76.5 cm³/mol. The lowest BCUT2D eigenvalue weighted by atomic mass is 9.69. The largest absolute Gasteiger partial charge is 0.375 e. The quantitative estimate of drug-likeness (QED) is 0.649. The molecule has 1 spiro atoms. The van der Waals surface area contributed by atoms with Crippen molar-refractivity contribution in [3.63, 3.8) is 0 Å². The first kappa shape index (κ1) is 13.1. The smallest absolute Gasteiger partial charge is 0.0686 e. The molecule has 2 aliphatic rings. The molecule has 3 rings (SSSR count). The Kier molecular flexibility index (Phi) is 3.61. The third kappa shape index (κ3) is 2.55. The van der Waals surface area contributed by atoms with Crippen LogP contribution in [0.4, 0.5) is 0 Å². The van der Waals surface area contributed by atoms with Gasteiger partial charge in [-0.15, -0.1) is 0 Å². The second-order valence-electron chi connectivity index (χ2n) is 6.20. The minimum atomic E-state index is 0.182. The zero-order valence-corrected chi connectivity index (χ0v) is 11.7. The van der Waals surface area contributed by atoms with Crippen molar-refractivity contribution in [2.24, 2.45) is 11.8 Å². The number of ether oxygens (including phenoxy) is 1. The molecule has 1 saturated carbocycles. The highest BCUT2D eigenvalue weighted by molar-refractivity contribution is 5.26. The molecular weight excluding hydrogens is 236 g/mol. The second-order valence-corrected chi connectivity index (χ2v) is 6.20. The summed E-state index contributed by atoms with van der Waals surface area (Å²) in [7, 11) is 0. The van der Waals surface area contributed by atoms with E-state index in [9.17, 15) is 0 Å². The van der Waals surface area contributed by atoms with Crippen LogP contribution in [0.3, 0.4) is 0 Å². The average molecular weight is 260 g/mol. The molecule has 1 aliphatic heterocycles. The molecule has 0 amide bonds. The monoisotopic (exact) mass is 260 g/mol. The number of hydrogen-bond acceptors (Lipinski definition) is 3. The highest BCUT2D eigenvalue weighted by Gasteiger charge is 2.44. The van der Waals surface area contributed by atoms with Crippen LogP contribution >= 0.6 is 0 Å². The first-order chi connectivity index (χ1) is 9.22. The van der Waals surface area contributed by atoms with Crippen molar-refractivity contribution in [1.29, 1.82) is 0 Å². The van der Waals surface area contributed by atoms with Gasteiger partial charge in [0.25, 0.3) is 0 Å². The Balaban J connectivity index is 1.78. The van der Waals surface area contributed by atoms with Gasteiger partial charge in [-0.05, 0) is 50.5 Å². The Labute approximate surface area is 115 Å². The Bertz CT molecular complexity index is 442. The van der Waals surface area contributed by atoms with E-state index in [0.29, 0.717) is 5.92 Å². The summed E-state index contributed by atoms with van der Waals surface area (Å²) in [6.07, 6.45) is 6.03. The maximum atomic E-state index is 6.02. The number of benzene rings is 1. The van der Waals surface area contributed by atoms with Gasteiger partial charge in [-0.3, -0.25) is 11.3 Å². The molecule has 0 bridgehead atoms. The van der Waals surface area contributed by atoms with E-state index in [2.05, 4.69) is 36.6 Å². The van der Waals surface area contributed by atoms with E-state index in [0.717, 1.165) is 19.4 Å². The third-order valence-corrected chi connectivity index (χ3v) is 4.85. The van der Waals surface area contributed by atoms with E-state index in [-0.39, 0.29) is 11.6 Å². The van der Waals surface area contributed by atoms with Crippen LogP contribution in [-0.2, 0) is 4.74 Å². The van der Waals surface area contributed by atoms with E-state index >= 15 is 0 Å². The molecule has 3 N–H and O–H groups in total. The van der Waals surface area contributed by atoms with Gasteiger partial charge < -0.3 is 4.74 Å². The summed E-state index contributed by atoms with van der Waals surface area (Å²) in [5.41, 5.74) is 5.83. The normalized spacial score (nSPS) is 26.9. The topological polar surface area (TPSA) is 47.3 Å². The fraction of sp³-hybridized carbons (Fsp3) is 0.625. The van der Waals surface area contributed by atoms with Crippen molar-refractivity contribution < 1.29 is 4.74 Å². The third-order valence-electron chi connectivity index (χ3n) is 4.85. The minimum Gasteiger partial charge on any atom is -0.375 e. The van der Waals surface area contributed by atoms with Crippen LogP contribution in [0.15, 0.2) is 24.3 Å². The fourth-order valence-electron chi connectivity index (χ4n) is 3.64. The van der Waals surface area contributed by atoms with E-state index < -0.39 is 0 Å². The number of aryl methyl sites for hydroxylation is 1. The first-order valence-electron chi connectivity index (χ1n) is 7.39. The van der Waals surface area contributed by atoms with Gasteiger partial charge in [0, 0.05) is 12.6 Å². The number of hydrazine groups is 1. The van der Waals surface area contributed by atoms with Crippen LogP contribution in [0.2, 0.25) is 0 Å². The number of rotatable bonds is 3. The number of nitrogens with one attached hydrogen (secondary N) is 1. The van der Waals surface area contributed by atoms with Gasteiger partial charge >= 0.3 is 0 Å². The zero-order valence-electron chi connectivity index (χ0n) is 11.7. The molecule has 0 aromatic heterocycles. The molecule has 1 aromatic rings. The Hall–Kier alpha value is -0.900. The van der Waals surface area contributed by atoms with Crippen molar-refractivity contribution in [2.75, 3.05) is 6.61 Å². The van der Waals surface area contributed by atoms with Gasteiger partial charge in [0.2, 0.25) is 0 Å². The molecule has 1 heterocycles. The SMILES string of the molecule is Cc1cccc(C(NN)C2CCOC3(CCC3)C2)c1. The van der Waals surface area contributed by atoms with Crippen LogP contribution in [0.5, 0.6) is 0 Å². The average Bonchev–Trinajstić information content (AvgIpc) is 2.38. The van der Waals surface area contributed by atoms with Gasteiger partial charge in [-0.25, -0.2) is 0 Å². The first-order valence-corrected chi connectivity index (χ1v) is 7.39. The highest BCUT2D eigenvalue weighted by atomic mass is 16.5. The summed E-state index contributed by atoms with van der Waals surface area (Å²) in [6, 6.07) is 8.93. The van der Waals surface area contributed by atoms with Gasteiger partial charge in [0.05, 0.1) is 5.60 Å². The van der Waals surface area contributed by atoms with Crippen LogP contribution in [-0.4, -0.2) is 12.2 Å². The molecule has 1 aromatic carbocycles. The molecule has 1 saturated heterocycles. The van der Waals surface area contributed by atoms with Crippen molar-refractivity contribution in [1.82, 2.24) is 5.43 Å². The molecule has 2 fully saturated rings. The van der Waals surface area contributed by atoms with E-state index in [4.69, 9.17) is 10.6 Å². The number of hydrogen-bond donors (Lipinski definition) is 2. The highest BCUT2D eigenvalue weighted by Crippen LogP contribution is 2.47. The maximum absolute atomic E-state index is 6.02. The molecule has 2 unspecified atom stereocenters. The van der Waals surface area contributed by atoms with Gasteiger partial charge in [-0.2, -0.15) is 0 Å². The van der Waals surface area contributed by atoms with E-state index in [1.165, 1.54) is 30.4 Å². The summed E-state index contributed by atoms with van der Waals surface area (Å²) >= 11 is 0. The molecule has 2 atom stereocenters. The lowest BCUT2D eigenvalue weighted by Gasteiger charge is -2.48. The summed E-state index contributed by atoms with van der Waals surface area (Å²) in [5.74, 6) is 6.43. The molecule has 104 valence electrons. The molecule has 1 aliphatic carbocycles. The summed E-state index contributed by atoms with van der Waals surface area (Å²) in [5, 5.41) is 0. The summed E-state index contributed by atoms with van der Waals surface area (Å²) in [4.78, 5) is 0. The minimum absolute atomic E-state index is 0.182. The second kappa shape index (κ2) is 5.23. The Morgan fingerprint density at radius 1 is 1.42 bits per heavy atom. The van der Waals surface area contributed by atoms with Crippen LogP contribution in [0.1, 0.15) is 49.3 Å². The lowest BCUT2D eigenvalue weighted by Crippen LogP contribution is -2.48. The predicted octanol–water partition coefficient (Wildman–Crippen LogP) is 2.85. The van der Waals surface area contributed by atoms with Crippen LogP contribution in [0, 0.1) is 12.8 Å². The van der Waals surface area contributed by atoms with Crippen LogP contribution in [0.25, 0.3) is 0 Å². The van der Waals surface area contributed by atoms with Crippen molar-refractivity contribution >= 4 is 0 Å². The Morgan fingerprint density at radius 3 is 2.89 bits per heavy atom. The van der Waals surface area contributed by atoms with E-state index in [1.54, 1.807) is 0 Å². The maximum Gasteiger partial charge on any atom is 0.0686 e. The van der Waals surface area contributed by atoms with Gasteiger partial charge in [0.1, 0.15) is 0 Å². The van der Waals surface area contributed by atoms with Gasteiger partial charge in [-0.1, -0.05) is 29.8 Å². The fourth-order valence-corrected chi connectivity index (χ4v) is 3.64. The molecule has 3 nitrogen and oxygen atoms in total. The van der Waals surface area contributed by atoms with Gasteiger partial charge in [0.15, 0.2) is 0 Å². The molecule has 19 heavy (non-hydrogen) atoms.